The Balaban J connectivity index is 1.54. The Kier molecular flexibility index (Phi) is 6.74. The van der Waals surface area contributed by atoms with Gasteiger partial charge in [0.2, 0.25) is 5.91 Å². The Morgan fingerprint density at radius 2 is 1.86 bits per heavy atom. The average Bonchev–Trinajstić information content (AvgIpc) is 3.06. The van der Waals surface area contributed by atoms with Crippen molar-refractivity contribution in [3.8, 4) is 11.5 Å². The molecule has 8 nitrogen and oxygen atoms in total. The smallest absolute Gasteiger partial charge is 0.224 e. The predicted octanol–water partition coefficient (Wildman–Crippen LogP) is 2.21. The van der Waals surface area contributed by atoms with Crippen molar-refractivity contribution in [1.82, 2.24) is 24.6 Å². The molecule has 1 amide bonds. The molecular weight excluding hydrogens is 370 g/mol. The van der Waals surface area contributed by atoms with Gasteiger partial charge in [0.15, 0.2) is 0 Å². The summed E-state index contributed by atoms with van der Waals surface area (Å²) >= 11 is 0. The van der Waals surface area contributed by atoms with Crippen molar-refractivity contribution >= 4 is 5.91 Å². The monoisotopic (exact) mass is 401 g/mol. The first kappa shape index (κ1) is 21.1. The summed E-state index contributed by atoms with van der Waals surface area (Å²) in [4.78, 5) is 21.4. The normalized spacial score (nSPS) is 16.0. The van der Waals surface area contributed by atoms with Crippen molar-refractivity contribution < 1.29 is 14.3 Å². The number of benzene rings is 1. The second-order valence-corrected chi connectivity index (χ2v) is 7.54. The summed E-state index contributed by atoms with van der Waals surface area (Å²) in [5.74, 6) is 3.44. The van der Waals surface area contributed by atoms with Crippen LogP contribution >= 0.6 is 0 Å². The summed E-state index contributed by atoms with van der Waals surface area (Å²) in [5.41, 5.74) is 1.09. The first-order valence-electron chi connectivity index (χ1n) is 10.0. The number of carbonyl (C=O) groups is 1. The standard InChI is InChI=1S/C21H31N5O3/c1-15(26-17(3)22-16(2)23-26)12-21(27)25-10-8-24(9-11-25)14-18-13-19(28-4)6-7-20(18)29-5/h6-7,13,15H,8-12,14H2,1-5H3. The zero-order valence-corrected chi connectivity index (χ0v) is 18.0. The van der Waals surface area contributed by atoms with E-state index < -0.39 is 0 Å². The van der Waals surface area contributed by atoms with Gasteiger partial charge in [0, 0.05) is 44.7 Å². The molecule has 1 aliphatic rings. The third kappa shape index (κ3) is 5.06. The van der Waals surface area contributed by atoms with Crippen LogP contribution in [-0.2, 0) is 11.3 Å². The number of nitrogens with zero attached hydrogens (tertiary/aromatic N) is 5. The fraction of sp³-hybridized carbons (Fsp3) is 0.571. The number of carbonyl (C=O) groups excluding carboxylic acids is 1. The molecule has 3 rings (SSSR count). The van der Waals surface area contributed by atoms with Gasteiger partial charge < -0.3 is 14.4 Å². The maximum Gasteiger partial charge on any atom is 0.224 e. The summed E-state index contributed by atoms with van der Waals surface area (Å²) in [6, 6.07) is 5.85. The van der Waals surface area contributed by atoms with Gasteiger partial charge in [-0.3, -0.25) is 9.69 Å². The minimum Gasteiger partial charge on any atom is -0.497 e. The Labute approximate surface area is 172 Å². The number of aryl methyl sites for hydroxylation is 2. The Hall–Kier alpha value is -2.61. The van der Waals surface area contributed by atoms with Crippen molar-refractivity contribution in [2.45, 2.75) is 39.8 Å². The van der Waals surface area contributed by atoms with Crippen LogP contribution in [0.1, 0.15) is 36.6 Å². The zero-order chi connectivity index (χ0) is 21.0. The molecule has 29 heavy (non-hydrogen) atoms. The molecule has 0 radical (unpaired) electrons. The number of rotatable bonds is 7. The minimum absolute atomic E-state index is 0.00257. The molecular formula is C21H31N5O3. The lowest BCUT2D eigenvalue weighted by Crippen LogP contribution is -2.48. The van der Waals surface area contributed by atoms with Crippen LogP contribution in [0.3, 0.4) is 0 Å². The molecule has 0 aliphatic carbocycles. The van der Waals surface area contributed by atoms with Crippen molar-refractivity contribution in [1.29, 1.82) is 0 Å². The Morgan fingerprint density at radius 1 is 1.14 bits per heavy atom. The lowest BCUT2D eigenvalue weighted by Gasteiger charge is -2.35. The SMILES string of the molecule is COc1ccc(OC)c(CN2CCN(C(=O)CC(C)n3nc(C)nc3C)CC2)c1. The molecule has 8 heteroatoms. The van der Waals surface area contributed by atoms with E-state index >= 15 is 0 Å². The van der Waals surface area contributed by atoms with Gasteiger partial charge in [-0.05, 0) is 39.0 Å². The maximum atomic E-state index is 12.8. The van der Waals surface area contributed by atoms with Gasteiger partial charge in [0.1, 0.15) is 23.1 Å². The average molecular weight is 402 g/mol. The van der Waals surface area contributed by atoms with Crippen LogP contribution in [-0.4, -0.2) is 70.9 Å². The highest BCUT2D eigenvalue weighted by Crippen LogP contribution is 2.26. The molecule has 0 N–H and O–H groups in total. The van der Waals surface area contributed by atoms with Gasteiger partial charge in [-0.15, -0.1) is 0 Å². The number of hydrogen-bond donors (Lipinski definition) is 0. The fourth-order valence-corrected chi connectivity index (χ4v) is 3.82. The van der Waals surface area contributed by atoms with Gasteiger partial charge >= 0.3 is 0 Å². The second kappa shape index (κ2) is 9.26. The molecule has 1 unspecified atom stereocenters. The summed E-state index contributed by atoms with van der Waals surface area (Å²) in [5, 5.41) is 4.40. The number of hydrogen-bond acceptors (Lipinski definition) is 6. The number of piperazine rings is 1. The van der Waals surface area contributed by atoms with Crippen LogP contribution in [0.4, 0.5) is 0 Å². The predicted molar refractivity (Wildman–Crippen MR) is 110 cm³/mol. The number of aromatic nitrogens is 3. The van der Waals surface area contributed by atoms with Gasteiger partial charge in [0.25, 0.3) is 0 Å². The van der Waals surface area contributed by atoms with E-state index in [-0.39, 0.29) is 11.9 Å². The largest absolute Gasteiger partial charge is 0.497 e. The molecule has 0 saturated carbocycles. The van der Waals surface area contributed by atoms with Gasteiger partial charge in [0.05, 0.1) is 20.3 Å². The molecule has 158 valence electrons. The molecule has 0 bridgehead atoms. The van der Waals surface area contributed by atoms with Crippen molar-refractivity contribution in [3.05, 3.63) is 35.4 Å². The van der Waals surface area contributed by atoms with E-state index in [2.05, 4.69) is 15.0 Å². The van der Waals surface area contributed by atoms with Gasteiger partial charge in [-0.1, -0.05) is 0 Å². The zero-order valence-electron chi connectivity index (χ0n) is 18.0. The lowest BCUT2D eigenvalue weighted by atomic mass is 10.1. The third-order valence-electron chi connectivity index (χ3n) is 5.40. The van der Waals surface area contributed by atoms with Gasteiger partial charge in [-0.2, -0.15) is 5.10 Å². The van der Waals surface area contributed by atoms with E-state index in [1.807, 2.05) is 48.6 Å². The summed E-state index contributed by atoms with van der Waals surface area (Å²) in [6.45, 7) is 9.71. The molecule has 2 heterocycles. The third-order valence-corrected chi connectivity index (χ3v) is 5.40. The maximum absolute atomic E-state index is 12.8. The quantitative estimate of drug-likeness (QED) is 0.708. The van der Waals surface area contributed by atoms with E-state index in [0.29, 0.717) is 6.42 Å². The summed E-state index contributed by atoms with van der Waals surface area (Å²) in [6.07, 6.45) is 0.438. The summed E-state index contributed by atoms with van der Waals surface area (Å²) in [7, 11) is 3.35. The highest BCUT2D eigenvalue weighted by atomic mass is 16.5. The second-order valence-electron chi connectivity index (χ2n) is 7.54. The number of amides is 1. The van der Waals surface area contributed by atoms with Crippen molar-refractivity contribution in [2.75, 3.05) is 40.4 Å². The molecule has 2 aromatic rings. The molecule has 1 aromatic carbocycles. The first-order chi connectivity index (χ1) is 13.9. The number of ether oxygens (including phenoxy) is 2. The fourth-order valence-electron chi connectivity index (χ4n) is 3.82. The van der Waals surface area contributed by atoms with E-state index in [9.17, 15) is 4.79 Å². The van der Waals surface area contributed by atoms with Crippen LogP contribution in [0.15, 0.2) is 18.2 Å². The van der Waals surface area contributed by atoms with E-state index in [1.165, 1.54) is 0 Å². The molecule has 1 saturated heterocycles. The molecule has 1 aliphatic heterocycles. The van der Waals surface area contributed by atoms with Crippen molar-refractivity contribution in [2.24, 2.45) is 0 Å². The summed E-state index contributed by atoms with van der Waals surface area (Å²) < 4.78 is 12.7. The first-order valence-corrected chi connectivity index (χ1v) is 10.0. The Bertz CT molecular complexity index is 843. The van der Waals surface area contributed by atoms with E-state index in [1.54, 1.807) is 14.2 Å². The topological polar surface area (TPSA) is 72.7 Å². The van der Waals surface area contributed by atoms with Gasteiger partial charge in [-0.25, -0.2) is 9.67 Å². The molecule has 1 fully saturated rings. The highest BCUT2D eigenvalue weighted by Gasteiger charge is 2.24. The lowest BCUT2D eigenvalue weighted by molar-refractivity contribution is -0.133. The van der Waals surface area contributed by atoms with Crippen LogP contribution in [0.2, 0.25) is 0 Å². The highest BCUT2D eigenvalue weighted by molar-refractivity contribution is 5.76. The van der Waals surface area contributed by atoms with Crippen LogP contribution in [0.25, 0.3) is 0 Å². The Morgan fingerprint density at radius 3 is 2.45 bits per heavy atom. The minimum atomic E-state index is 0.00257. The number of methoxy groups -OCH3 is 2. The van der Waals surface area contributed by atoms with Crippen LogP contribution in [0.5, 0.6) is 11.5 Å². The molecule has 0 spiro atoms. The van der Waals surface area contributed by atoms with E-state index in [4.69, 9.17) is 9.47 Å². The molecule has 1 atom stereocenters. The van der Waals surface area contributed by atoms with Crippen LogP contribution in [0, 0.1) is 13.8 Å². The molecule has 1 aromatic heterocycles. The van der Waals surface area contributed by atoms with Crippen molar-refractivity contribution in [3.63, 3.8) is 0 Å². The van der Waals surface area contributed by atoms with E-state index in [0.717, 1.165) is 61.4 Å². The van der Waals surface area contributed by atoms with Crippen LogP contribution < -0.4 is 9.47 Å².